The number of nitrogens with one attached hydrogen (secondary N) is 2. The molecule has 3 saturated carbocycles. The molecule has 2 bridgehead atoms. The van der Waals surface area contributed by atoms with E-state index in [2.05, 4.69) is 20.7 Å². The lowest BCUT2D eigenvalue weighted by molar-refractivity contribution is -0.135. The van der Waals surface area contributed by atoms with Gasteiger partial charge < -0.3 is 10.6 Å². The lowest BCUT2D eigenvalue weighted by Gasteiger charge is -2.52. The average Bonchev–Trinajstić information content (AvgIpc) is 3.32. The molecule has 0 atom stereocenters. The summed E-state index contributed by atoms with van der Waals surface area (Å²) < 4.78 is 52.2. The summed E-state index contributed by atoms with van der Waals surface area (Å²) >= 11 is 5.79. The van der Waals surface area contributed by atoms with Gasteiger partial charge in [-0.25, -0.2) is 26.7 Å². The predicted octanol–water partition coefficient (Wildman–Crippen LogP) is 3.28. The summed E-state index contributed by atoms with van der Waals surface area (Å²) in [7, 11) is -3.41. The molecule has 0 saturated heterocycles. The number of sulfone groups is 1. The van der Waals surface area contributed by atoms with Crippen molar-refractivity contribution in [3.05, 3.63) is 64.1 Å². The summed E-state index contributed by atoms with van der Waals surface area (Å²) in [5.74, 6) is -3.36. The molecule has 3 aliphatic carbocycles. The molecule has 3 aromatic rings. The van der Waals surface area contributed by atoms with Crippen molar-refractivity contribution in [2.75, 3.05) is 18.6 Å². The molecule has 0 spiro atoms. The Balaban J connectivity index is 1.28. The number of hydrogen-bond acceptors (Lipinski definition) is 7. The van der Waals surface area contributed by atoms with Gasteiger partial charge in [0.1, 0.15) is 23.0 Å². The number of ketones is 1. The molecule has 1 aromatic carbocycles. The van der Waals surface area contributed by atoms with Crippen molar-refractivity contribution in [3.63, 3.8) is 0 Å². The number of benzene rings is 1. The topological polar surface area (TPSA) is 140 Å². The Hall–Kier alpha value is -3.45. The second-order valence-electron chi connectivity index (χ2n) is 11.1. The number of amides is 2. The number of hydrogen-bond donors (Lipinski definition) is 2. The van der Waals surface area contributed by atoms with E-state index in [1.165, 1.54) is 24.3 Å². The third kappa shape index (κ3) is 5.96. The number of carbonyl (C=O) groups is 3. The highest BCUT2D eigenvalue weighted by atomic mass is 35.5. The monoisotopic (exact) mass is 607 g/mol. The highest BCUT2D eigenvalue weighted by molar-refractivity contribution is 7.91. The lowest BCUT2D eigenvalue weighted by Crippen LogP contribution is -2.51. The molecule has 2 N–H and O–H groups in total. The van der Waals surface area contributed by atoms with Gasteiger partial charge in [0.2, 0.25) is 0 Å². The highest BCUT2D eigenvalue weighted by Crippen LogP contribution is 2.57. The minimum absolute atomic E-state index is 0.00827. The average molecular weight is 608 g/mol. The third-order valence-electron chi connectivity index (χ3n) is 8.34. The van der Waals surface area contributed by atoms with Gasteiger partial charge in [-0.3, -0.25) is 14.4 Å². The fourth-order valence-corrected chi connectivity index (χ4v) is 6.82. The number of halogens is 3. The van der Waals surface area contributed by atoms with Gasteiger partial charge >= 0.3 is 0 Å². The first-order valence-corrected chi connectivity index (χ1v) is 15.5. The number of nitrogens with zero attached hydrogens (tertiary/aromatic N) is 3. The SMILES string of the molecule is CS(=O)(=O)CC(=O)C12CCC(CNC(=O)c3cc(C(=O)NCc4ccc(F)c(Cl)c4)nc4c(F)cnn34)(CC1)CC2. The van der Waals surface area contributed by atoms with E-state index in [9.17, 15) is 31.6 Å². The summed E-state index contributed by atoms with van der Waals surface area (Å²) in [6, 6.07) is 5.21. The molecule has 2 amide bonds. The van der Waals surface area contributed by atoms with Crippen LogP contribution in [0, 0.1) is 22.5 Å². The van der Waals surface area contributed by atoms with Crippen molar-refractivity contribution in [1.29, 1.82) is 0 Å². The van der Waals surface area contributed by atoms with Crippen LogP contribution in [0.4, 0.5) is 8.78 Å². The quantitative estimate of drug-likeness (QED) is 0.380. The first-order valence-electron chi connectivity index (χ1n) is 13.1. The molecule has 0 aliphatic heterocycles. The Morgan fingerprint density at radius 2 is 1.68 bits per heavy atom. The number of Topliss-reactive ketones (excluding diaryl/α,β-unsaturated/α-hetero) is 1. The van der Waals surface area contributed by atoms with E-state index in [-0.39, 0.29) is 39.8 Å². The largest absolute Gasteiger partial charge is 0.350 e. The molecule has 2 heterocycles. The van der Waals surface area contributed by atoms with Gasteiger partial charge in [0, 0.05) is 30.8 Å². The van der Waals surface area contributed by atoms with Crippen LogP contribution in [-0.4, -0.2) is 59.2 Å². The van der Waals surface area contributed by atoms with E-state index in [1.54, 1.807) is 0 Å². The summed E-state index contributed by atoms with van der Waals surface area (Å²) in [5, 5.41) is 9.29. The number of aromatic nitrogens is 3. The summed E-state index contributed by atoms with van der Waals surface area (Å²) in [4.78, 5) is 43.0. The van der Waals surface area contributed by atoms with E-state index in [4.69, 9.17) is 11.6 Å². The molecule has 3 aliphatic rings. The van der Waals surface area contributed by atoms with Crippen LogP contribution < -0.4 is 10.6 Å². The van der Waals surface area contributed by atoms with Gasteiger partial charge in [0.15, 0.2) is 27.1 Å². The maximum Gasteiger partial charge on any atom is 0.270 e. The van der Waals surface area contributed by atoms with Crippen molar-refractivity contribution < 1.29 is 31.6 Å². The molecule has 14 heteroatoms. The lowest BCUT2D eigenvalue weighted by atomic mass is 9.52. The Labute approximate surface area is 239 Å². The molecular formula is C27H28ClF2N5O5S. The zero-order valence-corrected chi connectivity index (χ0v) is 23.7. The van der Waals surface area contributed by atoms with Gasteiger partial charge in [-0.2, -0.15) is 5.10 Å². The van der Waals surface area contributed by atoms with E-state index in [0.29, 0.717) is 50.6 Å². The van der Waals surface area contributed by atoms with Crippen LogP contribution in [0.1, 0.15) is 65.1 Å². The van der Waals surface area contributed by atoms with Crippen molar-refractivity contribution in [2.45, 2.75) is 45.1 Å². The van der Waals surface area contributed by atoms with Crippen molar-refractivity contribution in [3.8, 4) is 0 Å². The van der Waals surface area contributed by atoms with Crippen LogP contribution in [0.25, 0.3) is 5.65 Å². The van der Waals surface area contributed by atoms with E-state index in [1.807, 2.05) is 0 Å². The molecule has 218 valence electrons. The summed E-state index contributed by atoms with van der Waals surface area (Å²) in [6.07, 6.45) is 5.62. The number of rotatable bonds is 9. The molecule has 41 heavy (non-hydrogen) atoms. The fourth-order valence-electron chi connectivity index (χ4n) is 5.83. The molecule has 3 fully saturated rings. The second-order valence-corrected chi connectivity index (χ2v) is 13.7. The van der Waals surface area contributed by atoms with Crippen LogP contribution in [0.5, 0.6) is 0 Å². The van der Waals surface area contributed by atoms with Crippen molar-refractivity contribution >= 4 is 44.7 Å². The Morgan fingerprint density at radius 3 is 2.32 bits per heavy atom. The first kappa shape index (κ1) is 29.1. The van der Waals surface area contributed by atoms with E-state index in [0.717, 1.165) is 17.0 Å². The maximum atomic E-state index is 14.4. The van der Waals surface area contributed by atoms with Gasteiger partial charge in [0.25, 0.3) is 11.8 Å². The zero-order chi connectivity index (χ0) is 29.6. The van der Waals surface area contributed by atoms with E-state index >= 15 is 0 Å². The second kappa shape index (κ2) is 10.8. The van der Waals surface area contributed by atoms with Crippen LogP contribution in [0.15, 0.2) is 30.5 Å². The molecule has 0 unspecified atom stereocenters. The van der Waals surface area contributed by atoms with Gasteiger partial charge in [0.05, 0.1) is 11.2 Å². The van der Waals surface area contributed by atoms with Gasteiger partial charge in [-0.15, -0.1) is 0 Å². The molecule has 0 radical (unpaired) electrons. The first-order chi connectivity index (χ1) is 19.3. The number of fused-ring (bicyclic) bond motifs is 4. The standard InChI is InChI=1S/C27H28ClF2N5O5S/c1-41(39,40)14-22(36)27-7-4-26(5-8-27,6-9-27)15-32-25(38)21-11-20(34-23-19(30)13-33-35(21)23)24(37)31-12-16-2-3-18(29)17(28)10-16/h2-3,10-11,13H,4-9,12,14-15H2,1H3,(H,31,37)(H,32,38). The smallest absolute Gasteiger partial charge is 0.270 e. The minimum Gasteiger partial charge on any atom is -0.350 e. The van der Waals surface area contributed by atoms with Crippen LogP contribution in [0.2, 0.25) is 5.02 Å². The Morgan fingerprint density at radius 1 is 1.00 bits per heavy atom. The maximum absolute atomic E-state index is 14.4. The molecular weight excluding hydrogens is 580 g/mol. The minimum atomic E-state index is -3.41. The number of carbonyl (C=O) groups excluding carboxylic acids is 3. The van der Waals surface area contributed by atoms with Crippen molar-refractivity contribution in [2.24, 2.45) is 10.8 Å². The fraction of sp³-hybridized carbons (Fsp3) is 0.444. The Bertz CT molecular complexity index is 1650. The summed E-state index contributed by atoms with van der Waals surface area (Å²) in [6.45, 7) is 0.286. The predicted molar refractivity (Wildman–Crippen MR) is 145 cm³/mol. The van der Waals surface area contributed by atoms with Gasteiger partial charge in [-0.05, 0) is 61.6 Å². The van der Waals surface area contributed by atoms with Crippen LogP contribution >= 0.6 is 11.6 Å². The van der Waals surface area contributed by atoms with Gasteiger partial charge in [-0.1, -0.05) is 17.7 Å². The normalized spacial score (nSPS) is 22.0. The molecule has 10 nitrogen and oxygen atoms in total. The van der Waals surface area contributed by atoms with Crippen LogP contribution in [-0.2, 0) is 21.2 Å². The third-order valence-corrected chi connectivity index (χ3v) is 9.42. The highest BCUT2D eigenvalue weighted by Gasteiger charge is 2.52. The van der Waals surface area contributed by atoms with Crippen molar-refractivity contribution in [1.82, 2.24) is 25.2 Å². The summed E-state index contributed by atoms with van der Waals surface area (Å²) in [5.41, 5.74) is -0.940. The van der Waals surface area contributed by atoms with Crippen LogP contribution in [0.3, 0.4) is 0 Å². The molecule has 2 aromatic heterocycles. The zero-order valence-electron chi connectivity index (χ0n) is 22.2. The molecule has 6 rings (SSSR count). The Kier molecular flexibility index (Phi) is 7.62. The van der Waals surface area contributed by atoms with E-state index < -0.39 is 44.5 Å².